The second-order valence-corrected chi connectivity index (χ2v) is 17.6. The first-order valence-corrected chi connectivity index (χ1v) is 14.7. The Labute approximate surface area is 259 Å². The van der Waals surface area contributed by atoms with Crippen molar-refractivity contribution in [2.45, 2.75) is 156 Å². The van der Waals surface area contributed by atoms with Gasteiger partial charge in [0.25, 0.3) is 0 Å². The van der Waals surface area contributed by atoms with Crippen LogP contribution in [0, 0.1) is 33.5 Å². The first kappa shape index (κ1) is 44.3. The van der Waals surface area contributed by atoms with Crippen molar-refractivity contribution in [3.8, 4) is 0 Å². The zero-order valence-corrected chi connectivity index (χ0v) is 29.8. The molecule has 2 atom stereocenters. The predicted octanol–water partition coefficient (Wildman–Crippen LogP) is 8.52. The quantitative estimate of drug-likeness (QED) is 0.340. The number of allylic oxidation sites excluding steroid dienone is 1. The highest BCUT2D eigenvalue weighted by Crippen LogP contribution is 2.42. The maximum Gasteiger partial charge on any atom is 0.304 e. The lowest BCUT2D eigenvalue weighted by Gasteiger charge is -2.34. The van der Waals surface area contributed by atoms with E-state index in [0.29, 0.717) is 5.78 Å². The lowest BCUT2D eigenvalue weighted by atomic mass is 9.76. The second-order valence-electron chi connectivity index (χ2n) is 17.6. The molecular weight excluding hydrogens is 528 g/mol. The molecule has 1 fully saturated rings. The van der Waals surface area contributed by atoms with Crippen LogP contribution in [0.25, 0.3) is 0 Å². The number of nitrogens with zero attached hydrogens (tertiary/aromatic N) is 1. The smallest absolute Gasteiger partial charge is 0.304 e. The highest BCUT2D eigenvalue weighted by Gasteiger charge is 2.45. The third-order valence-corrected chi connectivity index (χ3v) is 6.59. The minimum atomic E-state index is -0.941. The lowest BCUT2D eigenvalue weighted by Crippen LogP contribution is -2.47. The Bertz CT molecular complexity index is 921. The van der Waals surface area contributed by atoms with E-state index in [4.69, 9.17) is 5.11 Å². The van der Waals surface area contributed by atoms with Crippen LogP contribution in [0.4, 0.5) is 0 Å². The Hall–Kier alpha value is -2.18. The summed E-state index contributed by atoms with van der Waals surface area (Å²) in [5, 5.41) is 11.6. The Morgan fingerprint density at radius 1 is 0.833 bits per heavy atom. The maximum atomic E-state index is 12.3. The van der Waals surface area contributed by atoms with Gasteiger partial charge in [-0.1, -0.05) is 97.1 Å². The summed E-state index contributed by atoms with van der Waals surface area (Å²) in [6.45, 7) is 39.6. The number of carbonyl (C=O) groups is 4. The molecule has 0 radical (unpaired) electrons. The molecule has 2 N–H and O–H groups in total. The van der Waals surface area contributed by atoms with Crippen LogP contribution in [0.3, 0.4) is 0 Å². The average molecular weight is 597 g/mol. The first-order valence-electron chi connectivity index (χ1n) is 14.7. The lowest BCUT2D eigenvalue weighted by molar-refractivity contribution is -0.144. The number of hydrogen-bond donors (Lipinski definition) is 2. The molecule has 2 amide bonds. The van der Waals surface area contributed by atoms with Crippen molar-refractivity contribution >= 4 is 23.6 Å². The standard InChI is InChI=1S/C13H23NO.C12H23NO3.C9H18O.CH4/c1-9-8-10(12(2,3)4)11(15)14(9)13(5,6)7;1-11(2,3)8(7-9(14)15)10(16)13-12(4,5)6;1-8(2,3)7(10)9(4,5)6;/h10H,1,8H2,2-7H3;8H,7H2,1-6H3,(H,13,16)(H,14,15);1-6H3;1H4. The highest BCUT2D eigenvalue weighted by atomic mass is 16.4. The number of amides is 2. The van der Waals surface area contributed by atoms with Crippen molar-refractivity contribution in [2.24, 2.45) is 33.5 Å². The zero-order chi connectivity index (χ0) is 33.7. The minimum absolute atomic E-state index is 0. The Kier molecular flexibility index (Phi) is 15.8. The molecule has 42 heavy (non-hydrogen) atoms. The SMILES string of the molecule is C.C=C1CC(C(C)(C)C)C(=O)N1C(C)(C)C.CC(C)(C)C(=O)C(C)(C)C.CC(C)(C)NC(=O)C(CC(=O)O)C(C)(C)C. The van der Waals surface area contributed by atoms with E-state index in [1.54, 1.807) is 0 Å². The maximum absolute atomic E-state index is 12.3. The van der Waals surface area contributed by atoms with Crippen LogP contribution in [0.1, 0.15) is 145 Å². The summed E-state index contributed by atoms with van der Waals surface area (Å²) in [4.78, 5) is 48.3. The summed E-state index contributed by atoms with van der Waals surface area (Å²) in [6.07, 6.45) is 0.672. The number of nitrogens with one attached hydrogen (secondary N) is 1. The van der Waals surface area contributed by atoms with Crippen molar-refractivity contribution in [2.75, 3.05) is 0 Å². The van der Waals surface area contributed by atoms with Gasteiger partial charge in [-0.3, -0.25) is 19.2 Å². The molecule has 1 aliphatic rings. The molecule has 7 heteroatoms. The third-order valence-electron chi connectivity index (χ3n) is 6.59. The van der Waals surface area contributed by atoms with Gasteiger partial charge in [0.1, 0.15) is 5.78 Å². The molecule has 1 rings (SSSR count). The number of ketones is 1. The van der Waals surface area contributed by atoms with Crippen molar-refractivity contribution in [1.82, 2.24) is 10.2 Å². The molecule has 2 unspecified atom stereocenters. The van der Waals surface area contributed by atoms with E-state index in [1.165, 1.54) is 0 Å². The van der Waals surface area contributed by atoms with E-state index in [2.05, 4.69) is 53.4 Å². The summed E-state index contributed by atoms with van der Waals surface area (Å²) < 4.78 is 0. The fraction of sp³-hybridized carbons (Fsp3) is 0.829. The topological polar surface area (TPSA) is 104 Å². The number of likely N-dealkylation sites (tertiary alicyclic amines) is 1. The summed E-state index contributed by atoms with van der Waals surface area (Å²) in [7, 11) is 0. The number of carbonyl (C=O) groups excluding carboxylic acids is 3. The Morgan fingerprint density at radius 3 is 1.38 bits per heavy atom. The molecule has 0 bridgehead atoms. The molecule has 0 aromatic rings. The van der Waals surface area contributed by atoms with Gasteiger partial charge in [0.15, 0.2) is 0 Å². The van der Waals surface area contributed by atoms with Gasteiger partial charge in [-0.2, -0.15) is 0 Å². The Balaban J connectivity index is -0.000000551. The summed E-state index contributed by atoms with van der Waals surface area (Å²) in [5.74, 6) is -1.00. The molecule has 0 saturated carbocycles. The zero-order valence-electron chi connectivity index (χ0n) is 29.8. The van der Waals surface area contributed by atoms with Crippen LogP contribution in [0.15, 0.2) is 12.3 Å². The molecular formula is C35H68N2O5. The number of aliphatic carboxylic acids is 1. The molecule has 0 spiro atoms. The van der Waals surface area contributed by atoms with Gasteiger partial charge in [0.2, 0.25) is 11.8 Å². The number of rotatable bonds is 3. The van der Waals surface area contributed by atoms with E-state index in [1.807, 2.05) is 88.0 Å². The largest absolute Gasteiger partial charge is 0.481 e. The van der Waals surface area contributed by atoms with Gasteiger partial charge >= 0.3 is 5.97 Å². The highest BCUT2D eigenvalue weighted by molar-refractivity contribution is 5.88. The van der Waals surface area contributed by atoms with Gasteiger partial charge < -0.3 is 15.3 Å². The fourth-order valence-electron chi connectivity index (χ4n) is 4.76. The van der Waals surface area contributed by atoms with Crippen molar-refractivity contribution in [3.63, 3.8) is 0 Å². The van der Waals surface area contributed by atoms with Crippen LogP contribution in [-0.2, 0) is 19.2 Å². The number of Topliss-reactive ketones (excluding diaryl/α,β-unsaturated/α-hetero) is 1. The summed E-state index contributed by atoms with van der Waals surface area (Å²) in [6, 6.07) is 0. The average Bonchev–Trinajstić information content (AvgIpc) is 2.97. The van der Waals surface area contributed by atoms with Crippen molar-refractivity contribution in [1.29, 1.82) is 0 Å². The van der Waals surface area contributed by atoms with Gasteiger partial charge in [-0.15, -0.1) is 0 Å². The second kappa shape index (κ2) is 15.0. The van der Waals surface area contributed by atoms with Gasteiger partial charge in [0, 0.05) is 33.5 Å². The van der Waals surface area contributed by atoms with Crippen LogP contribution in [0.2, 0.25) is 0 Å². The molecule has 0 aliphatic carbocycles. The van der Waals surface area contributed by atoms with E-state index in [9.17, 15) is 19.2 Å². The molecule has 0 aromatic carbocycles. The van der Waals surface area contributed by atoms with Crippen molar-refractivity contribution in [3.05, 3.63) is 12.3 Å². The van der Waals surface area contributed by atoms with Crippen LogP contribution < -0.4 is 5.32 Å². The summed E-state index contributed by atoms with van der Waals surface area (Å²) in [5.41, 5.74) is -0.232. The molecule has 1 saturated heterocycles. The van der Waals surface area contributed by atoms with E-state index < -0.39 is 11.9 Å². The van der Waals surface area contributed by atoms with E-state index in [-0.39, 0.29) is 64.3 Å². The monoisotopic (exact) mass is 597 g/mol. The predicted molar refractivity (Wildman–Crippen MR) is 177 cm³/mol. The van der Waals surface area contributed by atoms with Gasteiger partial charge in [0.05, 0.1) is 12.3 Å². The molecule has 0 aromatic heterocycles. The first-order chi connectivity index (χ1) is 17.6. The minimum Gasteiger partial charge on any atom is -0.481 e. The van der Waals surface area contributed by atoms with Crippen LogP contribution in [0.5, 0.6) is 0 Å². The summed E-state index contributed by atoms with van der Waals surface area (Å²) >= 11 is 0. The molecule has 7 nitrogen and oxygen atoms in total. The van der Waals surface area contributed by atoms with Crippen LogP contribution in [-0.4, -0.2) is 44.7 Å². The van der Waals surface area contributed by atoms with Crippen molar-refractivity contribution < 1.29 is 24.3 Å². The number of carboxylic acids is 1. The normalized spacial score (nSPS) is 17.2. The molecule has 248 valence electrons. The van der Waals surface area contributed by atoms with Gasteiger partial charge in [-0.05, 0) is 58.8 Å². The number of hydrogen-bond acceptors (Lipinski definition) is 4. The van der Waals surface area contributed by atoms with Crippen LogP contribution >= 0.6 is 0 Å². The van der Waals surface area contributed by atoms with Gasteiger partial charge in [-0.25, -0.2) is 0 Å². The molecule has 1 heterocycles. The van der Waals surface area contributed by atoms with E-state index >= 15 is 0 Å². The number of carboxylic acid groups (broad SMARTS) is 1. The Morgan fingerprint density at radius 2 is 1.21 bits per heavy atom. The fourth-order valence-corrected chi connectivity index (χ4v) is 4.76. The van der Waals surface area contributed by atoms with E-state index in [0.717, 1.165) is 12.1 Å². The third kappa shape index (κ3) is 15.9. The molecule has 1 aliphatic heterocycles.